The summed E-state index contributed by atoms with van der Waals surface area (Å²) in [5.74, 6) is 3.33. The highest BCUT2D eigenvalue weighted by molar-refractivity contribution is 4.86. The predicted octanol–water partition coefficient (Wildman–Crippen LogP) is 5.56. The molecule has 0 bridgehead atoms. The first-order valence-electron chi connectivity index (χ1n) is 9.42. The summed E-state index contributed by atoms with van der Waals surface area (Å²) in [6, 6.07) is 0. The van der Waals surface area contributed by atoms with Gasteiger partial charge in [0.15, 0.2) is 0 Å². The molecule has 1 N–H and O–H groups in total. The Morgan fingerprint density at radius 1 is 1.00 bits per heavy atom. The van der Waals surface area contributed by atoms with Crippen LogP contribution in [-0.4, -0.2) is 11.2 Å². The monoisotopic (exact) mass is 280 g/mol. The lowest BCUT2D eigenvalue weighted by molar-refractivity contribution is 0.0207. The SMILES string of the molecule is CCCCC(CC)CC(O)C1CCC2CCCCC2C1. The van der Waals surface area contributed by atoms with E-state index >= 15 is 0 Å². The molecule has 0 aliphatic heterocycles. The molecular formula is C19H36O. The molecule has 2 aliphatic carbocycles. The second kappa shape index (κ2) is 8.41. The lowest BCUT2D eigenvalue weighted by Gasteiger charge is -2.41. The van der Waals surface area contributed by atoms with E-state index < -0.39 is 0 Å². The maximum Gasteiger partial charge on any atom is 0.0571 e. The molecular weight excluding hydrogens is 244 g/mol. The zero-order valence-electron chi connectivity index (χ0n) is 13.8. The van der Waals surface area contributed by atoms with Crippen molar-refractivity contribution in [2.75, 3.05) is 0 Å². The van der Waals surface area contributed by atoms with Gasteiger partial charge in [0.2, 0.25) is 0 Å². The van der Waals surface area contributed by atoms with Gasteiger partial charge >= 0.3 is 0 Å². The van der Waals surface area contributed by atoms with E-state index in [9.17, 15) is 5.11 Å². The number of rotatable bonds is 7. The van der Waals surface area contributed by atoms with Crippen LogP contribution in [0.4, 0.5) is 0 Å². The summed E-state index contributed by atoms with van der Waals surface area (Å²) in [7, 11) is 0. The summed E-state index contributed by atoms with van der Waals surface area (Å²) in [6.07, 6.45) is 16.1. The van der Waals surface area contributed by atoms with Crippen LogP contribution in [-0.2, 0) is 0 Å². The van der Waals surface area contributed by atoms with Crippen molar-refractivity contribution in [3.63, 3.8) is 0 Å². The molecule has 2 rings (SSSR count). The zero-order valence-corrected chi connectivity index (χ0v) is 13.8. The third-order valence-corrected chi connectivity index (χ3v) is 6.24. The van der Waals surface area contributed by atoms with Crippen molar-refractivity contribution in [3.8, 4) is 0 Å². The molecule has 0 heterocycles. The molecule has 2 saturated carbocycles. The molecule has 0 aromatic heterocycles. The number of fused-ring (bicyclic) bond motifs is 1. The molecule has 0 spiro atoms. The Balaban J connectivity index is 1.78. The molecule has 0 saturated heterocycles. The first kappa shape index (κ1) is 16.3. The standard InChI is InChI=1S/C19H36O/c1-3-5-8-15(4-2)13-19(20)18-12-11-16-9-6-7-10-17(16)14-18/h15-20H,3-14H2,1-2H3. The average molecular weight is 280 g/mol. The molecule has 1 heteroatoms. The van der Waals surface area contributed by atoms with Crippen molar-refractivity contribution < 1.29 is 5.11 Å². The number of hydrogen-bond donors (Lipinski definition) is 1. The maximum absolute atomic E-state index is 10.7. The van der Waals surface area contributed by atoms with E-state index in [0.29, 0.717) is 5.92 Å². The maximum atomic E-state index is 10.7. The minimum Gasteiger partial charge on any atom is -0.393 e. The lowest BCUT2D eigenvalue weighted by Crippen LogP contribution is -2.34. The Morgan fingerprint density at radius 3 is 2.45 bits per heavy atom. The number of hydrogen-bond acceptors (Lipinski definition) is 1. The van der Waals surface area contributed by atoms with Crippen LogP contribution >= 0.6 is 0 Å². The van der Waals surface area contributed by atoms with E-state index in [1.807, 2.05) is 0 Å². The summed E-state index contributed by atoms with van der Waals surface area (Å²) in [4.78, 5) is 0. The van der Waals surface area contributed by atoms with E-state index in [-0.39, 0.29) is 6.10 Å². The van der Waals surface area contributed by atoms with Gasteiger partial charge in [0.1, 0.15) is 0 Å². The molecule has 20 heavy (non-hydrogen) atoms. The van der Waals surface area contributed by atoms with Gasteiger partial charge in [-0.15, -0.1) is 0 Å². The third kappa shape index (κ3) is 4.48. The van der Waals surface area contributed by atoms with Crippen molar-refractivity contribution in [2.24, 2.45) is 23.7 Å². The van der Waals surface area contributed by atoms with Crippen LogP contribution in [0, 0.1) is 23.7 Å². The van der Waals surface area contributed by atoms with E-state index in [2.05, 4.69) is 13.8 Å². The molecule has 5 unspecified atom stereocenters. The summed E-state index contributed by atoms with van der Waals surface area (Å²) < 4.78 is 0. The van der Waals surface area contributed by atoms with Crippen LogP contribution in [0.2, 0.25) is 0 Å². The van der Waals surface area contributed by atoms with Crippen LogP contribution in [0.1, 0.15) is 90.9 Å². The fourth-order valence-corrected chi connectivity index (χ4v) is 4.77. The highest BCUT2D eigenvalue weighted by Crippen LogP contribution is 2.44. The number of unbranched alkanes of at least 4 members (excludes halogenated alkanes) is 1. The molecule has 2 aliphatic rings. The summed E-state index contributed by atoms with van der Waals surface area (Å²) in [6.45, 7) is 4.57. The Morgan fingerprint density at radius 2 is 1.75 bits per heavy atom. The third-order valence-electron chi connectivity index (χ3n) is 6.24. The smallest absolute Gasteiger partial charge is 0.0571 e. The Labute approximate surface area is 126 Å². The van der Waals surface area contributed by atoms with Gasteiger partial charge in [0.05, 0.1) is 6.10 Å². The van der Waals surface area contributed by atoms with Crippen LogP contribution in [0.3, 0.4) is 0 Å². The van der Waals surface area contributed by atoms with E-state index in [1.165, 1.54) is 70.6 Å². The topological polar surface area (TPSA) is 20.2 Å². The van der Waals surface area contributed by atoms with Crippen molar-refractivity contribution in [2.45, 2.75) is 97.0 Å². The molecule has 0 aromatic carbocycles. The van der Waals surface area contributed by atoms with Gasteiger partial charge in [0.25, 0.3) is 0 Å². The fourth-order valence-electron chi connectivity index (χ4n) is 4.77. The lowest BCUT2D eigenvalue weighted by atomic mass is 9.66. The molecule has 118 valence electrons. The van der Waals surface area contributed by atoms with Gasteiger partial charge in [-0.2, -0.15) is 0 Å². The minimum absolute atomic E-state index is 0.0142. The van der Waals surface area contributed by atoms with Crippen molar-refractivity contribution in [1.82, 2.24) is 0 Å². The van der Waals surface area contributed by atoms with Gasteiger partial charge in [-0.05, 0) is 49.4 Å². The number of aliphatic hydroxyl groups excluding tert-OH is 1. The Bertz CT molecular complexity index is 262. The molecule has 0 amide bonds. The Hall–Kier alpha value is -0.0400. The summed E-state index contributed by atoms with van der Waals surface area (Å²) >= 11 is 0. The fraction of sp³-hybridized carbons (Fsp3) is 1.00. The van der Waals surface area contributed by atoms with Gasteiger partial charge in [-0.25, -0.2) is 0 Å². The van der Waals surface area contributed by atoms with Crippen molar-refractivity contribution >= 4 is 0 Å². The van der Waals surface area contributed by atoms with E-state index in [4.69, 9.17) is 0 Å². The van der Waals surface area contributed by atoms with Crippen LogP contribution in [0.15, 0.2) is 0 Å². The molecule has 1 nitrogen and oxygen atoms in total. The number of aliphatic hydroxyl groups is 1. The molecule has 0 radical (unpaired) electrons. The predicted molar refractivity (Wildman–Crippen MR) is 86.7 cm³/mol. The highest BCUT2D eigenvalue weighted by atomic mass is 16.3. The molecule has 0 aromatic rings. The minimum atomic E-state index is -0.0142. The largest absolute Gasteiger partial charge is 0.393 e. The highest BCUT2D eigenvalue weighted by Gasteiger charge is 2.35. The molecule has 2 fully saturated rings. The van der Waals surface area contributed by atoms with Crippen LogP contribution in [0.25, 0.3) is 0 Å². The quantitative estimate of drug-likeness (QED) is 0.647. The normalized spacial score (nSPS) is 33.5. The van der Waals surface area contributed by atoms with Gasteiger partial charge < -0.3 is 5.11 Å². The van der Waals surface area contributed by atoms with Crippen molar-refractivity contribution in [3.05, 3.63) is 0 Å². The van der Waals surface area contributed by atoms with Gasteiger partial charge in [-0.3, -0.25) is 0 Å². The van der Waals surface area contributed by atoms with Crippen LogP contribution in [0.5, 0.6) is 0 Å². The molecule has 5 atom stereocenters. The van der Waals surface area contributed by atoms with Gasteiger partial charge in [0, 0.05) is 0 Å². The van der Waals surface area contributed by atoms with Crippen LogP contribution < -0.4 is 0 Å². The van der Waals surface area contributed by atoms with E-state index in [0.717, 1.165) is 24.2 Å². The van der Waals surface area contributed by atoms with Gasteiger partial charge in [-0.1, -0.05) is 65.2 Å². The van der Waals surface area contributed by atoms with E-state index in [1.54, 1.807) is 0 Å². The summed E-state index contributed by atoms with van der Waals surface area (Å²) in [5, 5.41) is 10.7. The first-order valence-corrected chi connectivity index (χ1v) is 9.42. The first-order chi connectivity index (χ1) is 9.74. The zero-order chi connectivity index (χ0) is 14.4. The summed E-state index contributed by atoms with van der Waals surface area (Å²) in [5.41, 5.74) is 0. The second-order valence-electron chi connectivity index (χ2n) is 7.60. The average Bonchev–Trinajstić information content (AvgIpc) is 2.50. The second-order valence-corrected chi connectivity index (χ2v) is 7.60. The van der Waals surface area contributed by atoms with Crippen molar-refractivity contribution in [1.29, 1.82) is 0 Å². The Kier molecular flexibility index (Phi) is 6.87.